The van der Waals surface area contributed by atoms with Gasteiger partial charge < -0.3 is 24.3 Å². The van der Waals surface area contributed by atoms with Gasteiger partial charge in [0.25, 0.3) is 5.91 Å². The van der Waals surface area contributed by atoms with Gasteiger partial charge in [-0.3, -0.25) is 4.79 Å². The van der Waals surface area contributed by atoms with Crippen LogP contribution in [0.25, 0.3) is 0 Å². The first kappa shape index (κ1) is 18.8. The molecule has 8 heteroatoms. The molecule has 0 saturated heterocycles. The van der Waals surface area contributed by atoms with Gasteiger partial charge in [-0.05, 0) is 42.8 Å². The maximum absolute atomic E-state index is 12.3. The molecule has 7 nitrogen and oxygen atoms in total. The molecule has 0 spiro atoms. The van der Waals surface area contributed by atoms with Gasteiger partial charge in [0.05, 0.1) is 7.11 Å². The summed E-state index contributed by atoms with van der Waals surface area (Å²) in [5.41, 5.74) is 0.989. The maximum atomic E-state index is 12.3. The van der Waals surface area contributed by atoms with Crippen molar-refractivity contribution >= 4 is 23.5 Å². The van der Waals surface area contributed by atoms with Crippen LogP contribution in [0.4, 0.5) is 0 Å². The fourth-order valence-electron chi connectivity index (χ4n) is 2.50. The van der Waals surface area contributed by atoms with Crippen LogP contribution in [-0.4, -0.2) is 31.9 Å². The van der Waals surface area contributed by atoms with Gasteiger partial charge in [0.2, 0.25) is 6.79 Å². The molecule has 0 aromatic heterocycles. The van der Waals surface area contributed by atoms with Gasteiger partial charge in [0.1, 0.15) is 11.3 Å². The summed E-state index contributed by atoms with van der Waals surface area (Å²) in [6.07, 6.45) is -0.991. The molecular formula is C19H18ClNO6. The van der Waals surface area contributed by atoms with Crippen LogP contribution in [0.5, 0.6) is 17.2 Å². The van der Waals surface area contributed by atoms with Crippen LogP contribution >= 0.6 is 11.6 Å². The van der Waals surface area contributed by atoms with Crippen molar-refractivity contribution in [3.63, 3.8) is 0 Å². The van der Waals surface area contributed by atoms with Crippen molar-refractivity contribution in [2.75, 3.05) is 13.9 Å². The summed E-state index contributed by atoms with van der Waals surface area (Å²) in [5, 5.41) is 3.08. The Labute approximate surface area is 161 Å². The number of hydrogen-bond donors (Lipinski definition) is 1. The Morgan fingerprint density at radius 2 is 1.96 bits per heavy atom. The lowest BCUT2D eigenvalue weighted by molar-refractivity contribution is -0.129. The molecule has 0 aliphatic carbocycles. The minimum atomic E-state index is -0.991. The molecule has 1 heterocycles. The van der Waals surface area contributed by atoms with Gasteiger partial charge in [-0.25, -0.2) is 4.79 Å². The van der Waals surface area contributed by atoms with E-state index < -0.39 is 18.0 Å². The molecule has 0 radical (unpaired) electrons. The molecular weight excluding hydrogens is 374 g/mol. The molecule has 0 fully saturated rings. The van der Waals surface area contributed by atoms with Gasteiger partial charge in [0.15, 0.2) is 17.6 Å². The van der Waals surface area contributed by atoms with Crippen molar-refractivity contribution < 1.29 is 28.5 Å². The number of fused-ring (bicyclic) bond motifs is 1. The highest BCUT2D eigenvalue weighted by Crippen LogP contribution is 2.32. The van der Waals surface area contributed by atoms with E-state index in [0.29, 0.717) is 22.3 Å². The lowest BCUT2D eigenvalue weighted by atomic mass is 10.2. The molecule has 2 aromatic rings. The third-order valence-corrected chi connectivity index (χ3v) is 4.17. The molecule has 3 rings (SSSR count). The van der Waals surface area contributed by atoms with Crippen molar-refractivity contribution in [2.24, 2.45) is 0 Å². The number of ether oxygens (including phenoxy) is 4. The number of benzene rings is 2. The van der Waals surface area contributed by atoms with E-state index in [9.17, 15) is 9.59 Å². The van der Waals surface area contributed by atoms with Crippen molar-refractivity contribution in [2.45, 2.75) is 19.6 Å². The van der Waals surface area contributed by atoms with Gasteiger partial charge in [-0.15, -0.1) is 0 Å². The highest BCUT2D eigenvalue weighted by atomic mass is 35.5. The minimum absolute atomic E-state index is 0.153. The normalized spacial score (nSPS) is 13.0. The monoisotopic (exact) mass is 391 g/mol. The molecule has 0 unspecified atom stereocenters. The summed E-state index contributed by atoms with van der Waals surface area (Å²) < 4.78 is 20.9. The summed E-state index contributed by atoms with van der Waals surface area (Å²) in [6, 6.07) is 9.97. The van der Waals surface area contributed by atoms with Gasteiger partial charge in [-0.2, -0.15) is 0 Å². The predicted octanol–water partition coefficient (Wildman–Crippen LogP) is 2.94. The van der Waals surface area contributed by atoms with Crippen molar-refractivity contribution in [3.05, 3.63) is 52.5 Å². The van der Waals surface area contributed by atoms with Crippen LogP contribution in [0, 0.1) is 0 Å². The Morgan fingerprint density at radius 1 is 1.19 bits per heavy atom. The number of hydrogen-bond acceptors (Lipinski definition) is 6. The van der Waals surface area contributed by atoms with E-state index in [1.165, 1.54) is 20.1 Å². The van der Waals surface area contributed by atoms with Gasteiger partial charge >= 0.3 is 5.97 Å². The van der Waals surface area contributed by atoms with Gasteiger partial charge in [-0.1, -0.05) is 17.7 Å². The Hall–Kier alpha value is -2.93. The quantitative estimate of drug-likeness (QED) is 0.762. The summed E-state index contributed by atoms with van der Waals surface area (Å²) in [4.78, 5) is 24.6. The van der Waals surface area contributed by atoms with E-state index in [4.69, 9.17) is 30.5 Å². The molecule has 1 aliphatic rings. The average Bonchev–Trinajstić information content (AvgIpc) is 3.13. The molecule has 1 aliphatic heterocycles. The van der Waals surface area contributed by atoms with Crippen molar-refractivity contribution in [1.82, 2.24) is 5.32 Å². The van der Waals surface area contributed by atoms with Crippen LogP contribution in [0.3, 0.4) is 0 Å². The second-order valence-corrected chi connectivity index (χ2v) is 6.23. The Balaban J connectivity index is 1.57. The number of amides is 1. The van der Waals surface area contributed by atoms with Crippen molar-refractivity contribution in [1.29, 1.82) is 0 Å². The zero-order chi connectivity index (χ0) is 19.4. The number of nitrogens with one attached hydrogen (secondary N) is 1. The summed E-state index contributed by atoms with van der Waals surface area (Å²) in [6.45, 7) is 1.94. The fraction of sp³-hybridized carbons (Fsp3) is 0.263. The largest absolute Gasteiger partial charge is 0.496 e. The van der Waals surface area contributed by atoms with E-state index >= 15 is 0 Å². The first-order valence-electron chi connectivity index (χ1n) is 8.18. The molecule has 0 bridgehead atoms. The Morgan fingerprint density at radius 3 is 2.74 bits per heavy atom. The molecule has 142 valence electrons. The van der Waals surface area contributed by atoms with Crippen LogP contribution in [0.1, 0.15) is 22.8 Å². The number of carbonyl (C=O) groups excluding carboxylic acids is 2. The second-order valence-electron chi connectivity index (χ2n) is 5.80. The van der Waals surface area contributed by atoms with Gasteiger partial charge in [0, 0.05) is 11.6 Å². The predicted molar refractivity (Wildman–Crippen MR) is 97.3 cm³/mol. The fourth-order valence-corrected chi connectivity index (χ4v) is 2.67. The first-order valence-corrected chi connectivity index (χ1v) is 8.56. The summed E-state index contributed by atoms with van der Waals surface area (Å²) >= 11 is 5.91. The lowest BCUT2D eigenvalue weighted by Gasteiger charge is -2.15. The average molecular weight is 392 g/mol. The summed E-state index contributed by atoms with van der Waals surface area (Å²) in [7, 11) is 1.43. The Bertz CT molecular complexity index is 869. The van der Waals surface area contributed by atoms with Crippen LogP contribution < -0.4 is 19.5 Å². The van der Waals surface area contributed by atoms with E-state index in [1.807, 2.05) is 6.07 Å². The number of halogens is 1. The zero-order valence-electron chi connectivity index (χ0n) is 14.8. The third-order valence-electron chi connectivity index (χ3n) is 3.94. The molecule has 2 aromatic carbocycles. The highest BCUT2D eigenvalue weighted by Gasteiger charge is 2.22. The third kappa shape index (κ3) is 4.43. The SMILES string of the molecule is COc1ccc(Cl)cc1C(=O)O[C@@H](C)C(=O)NCc1ccc2c(c1)OCO2. The molecule has 1 atom stereocenters. The smallest absolute Gasteiger partial charge is 0.342 e. The standard InChI is InChI=1S/C19H18ClNO6/c1-11(27-19(23)14-8-13(20)4-6-15(14)24-2)18(22)21-9-12-3-5-16-17(7-12)26-10-25-16/h3-8,11H,9-10H2,1-2H3,(H,21,22)/t11-/m0/s1. The van der Waals surface area contributed by atoms with Crippen LogP contribution in [-0.2, 0) is 16.1 Å². The molecule has 0 saturated carbocycles. The number of esters is 1. The Kier molecular flexibility index (Phi) is 5.71. The van der Waals surface area contributed by atoms with E-state index in [1.54, 1.807) is 24.3 Å². The van der Waals surface area contributed by atoms with E-state index in [2.05, 4.69) is 5.32 Å². The summed E-state index contributed by atoms with van der Waals surface area (Å²) in [5.74, 6) is 0.497. The number of methoxy groups -OCH3 is 1. The number of rotatable bonds is 6. The second kappa shape index (κ2) is 8.18. The zero-order valence-corrected chi connectivity index (χ0v) is 15.5. The van der Waals surface area contributed by atoms with E-state index in [-0.39, 0.29) is 18.9 Å². The van der Waals surface area contributed by atoms with Crippen LogP contribution in [0.2, 0.25) is 5.02 Å². The minimum Gasteiger partial charge on any atom is -0.496 e. The molecule has 1 N–H and O–H groups in total. The maximum Gasteiger partial charge on any atom is 0.342 e. The lowest BCUT2D eigenvalue weighted by Crippen LogP contribution is -2.35. The number of carbonyl (C=O) groups is 2. The van der Waals surface area contributed by atoms with Crippen LogP contribution in [0.15, 0.2) is 36.4 Å². The van der Waals surface area contributed by atoms with E-state index in [0.717, 1.165) is 5.56 Å². The molecule has 1 amide bonds. The first-order chi connectivity index (χ1) is 13.0. The highest BCUT2D eigenvalue weighted by molar-refractivity contribution is 6.31. The molecule has 27 heavy (non-hydrogen) atoms. The topological polar surface area (TPSA) is 83.1 Å². The van der Waals surface area contributed by atoms with Crippen molar-refractivity contribution in [3.8, 4) is 17.2 Å².